The van der Waals surface area contributed by atoms with Gasteiger partial charge in [0.05, 0.1) is 29.3 Å². The van der Waals surface area contributed by atoms with Gasteiger partial charge in [0, 0.05) is 50.9 Å². The molecule has 2 saturated heterocycles. The van der Waals surface area contributed by atoms with Crippen molar-refractivity contribution in [1.82, 2.24) is 24.6 Å². The van der Waals surface area contributed by atoms with E-state index in [0.29, 0.717) is 87.5 Å². The number of amides is 3. The lowest BCUT2D eigenvalue weighted by Crippen LogP contribution is -2.50. The SMILES string of the molecule is CN(CCCN(C)C(=O)c1ccc(N)nc1)C(=O)CO[C@H]1Cc2ccccc2C12CCN(CC[C@@]1(c3ccc(F)cc3)CN(C(=O)c3cc(C(F)(F)F)cc(C(F)(F)F)c3)CO1)CC2. The molecule has 1 aromatic heterocycles. The van der Waals surface area contributed by atoms with E-state index in [0.717, 1.165) is 10.5 Å². The maximum Gasteiger partial charge on any atom is 0.416 e. The van der Waals surface area contributed by atoms with Gasteiger partial charge in [-0.2, -0.15) is 26.3 Å². The lowest BCUT2D eigenvalue weighted by atomic mass is 9.72. The molecule has 7 rings (SSSR count). The molecule has 2 atom stereocenters. The third-order valence-electron chi connectivity index (χ3n) is 12.8. The van der Waals surface area contributed by atoms with Crippen molar-refractivity contribution in [3.63, 3.8) is 0 Å². The van der Waals surface area contributed by atoms with Crippen molar-refractivity contribution in [1.29, 1.82) is 0 Å². The van der Waals surface area contributed by atoms with E-state index in [1.165, 1.54) is 36.0 Å². The molecule has 11 nitrogen and oxygen atoms in total. The van der Waals surface area contributed by atoms with Gasteiger partial charge in [0.1, 0.15) is 30.6 Å². The maximum absolute atomic E-state index is 14.1. The quantitative estimate of drug-likeness (QED) is 0.141. The third-order valence-corrected chi connectivity index (χ3v) is 12.8. The number of carbonyl (C=O) groups excluding carboxylic acids is 3. The average molecular weight is 899 g/mol. The summed E-state index contributed by atoms with van der Waals surface area (Å²) >= 11 is 0. The van der Waals surface area contributed by atoms with E-state index in [4.69, 9.17) is 15.2 Å². The predicted molar refractivity (Wildman–Crippen MR) is 221 cm³/mol. The van der Waals surface area contributed by atoms with E-state index < -0.39 is 53.1 Å². The first kappa shape index (κ1) is 46.4. The molecule has 2 fully saturated rings. The number of halogens is 7. The summed E-state index contributed by atoms with van der Waals surface area (Å²) in [6.45, 7) is 1.75. The number of nitrogens with zero attached hydrogens (tertiary/aromatic N) is 5. The van der Waals surface area contributed by atoms with Crippen LogP contribution in [0.5, 0.6) is 0 Å². The number of pyridine rings is 1. The Bertz CT molecular complexity index is 2290. The van der Waals surface area contributed by atoms with Crippen molar-refractivity contribution < 1.29 is 54.6 Å². The zero-order valence-electron chi connectivity index (χ0n) is 35.4. The second-order valence-electron chi connectivity index (χ2n) is 16.8. The zero-order chi connectivity index (χ0) is 46.0. The minimum absolute atomic E-state index is 0.0300. The molecular weight excluding hydrogens is 850 g/mol. The predicted octanol–water partition coefficient (Wildman–Crippen LogP) is 7.15. The molecule has 0 unspecified atom stereocenters. The molecule has 1 spiro atoms. The molecular formula is C46H49F7N6O5. The molecule has 4 aromatic rings. The van der Waals surface area contributed by atoms with E-state index in [1.54, 1.807) is 36.0 Å². The van der Waals surface area contributed by atoms with E-state index in [9.17, 15) is 45.1 Å². The molecule has 342 valence electrons. The smallest absolute Gasteiger partial charge is 0.384 e. The van der Waals surface area contributed by atoms with Crippen LogP contribution < -0.4 is 5.73 Å². The van der Waals surface area contributed by atoms with Gasteiger partial charge >= 0.3 is 12.4 Å². The third kappa shape index (κ3) is 10.0. The van der Waals surface area contributed by atoms with Gasteiger partial charge in [-0.3, -0.25) is 14.4 Å². The average Bonchev–Trinajstić information content (AvgIpc) is 3.84. The minimum atomic E-state index is -5.13. The number of aromatic nitrogens is 1. The molecule has 3 heterocycles. The summed E-state index contributed by atoms with van der Waals surface area (Å²) in [6, 6.07) is 17.5. The number of ether oxygens (including phenoxy) is 2. The number of nitrogen functional groups attached to an aromatic ring is 1. The molecule has 64 heavy (non-hydrogen) atoms. The Labute approximate surface area is 365 Å². The fourth-order valence-electron chi connectivity index (χ4n) is 9.10. The molecule has 1 aliphatic carbocycles. The minimum Gasteiger partial charge on any atom is -0.384 e. The first-order chi connectivity index (χ1) is 30.3. The highest BCUT2D eigenvalue weighted by Gasteiger charge is 2.50. The Morgan fingerprint density at radius 3 is 2.17 bits per heavy atom. The van der Waals surface area contributed by atoms with Gasteiger partial charge in [-0.25, -0.2) is 9.37 Å². The second-order valence-corrected chi connectivity index (χ2v) is 16.8. The van der Waals surface area contributed by atoms with E-state index in [2.05, 4.69) is 22.0 Å². The largest absolute Gasteiger partial charge is 0.416 e. The number of piperidine rings is 1. The molecule has 18 heteroatoms. The van der Waals surface area contributed by atoms with Crippen LogP contribution in [0.25, 0.3) is 0 Å². The Hall–Kier alpha value is -5.59. The standard InChI is InChI=1S/C46H49F7N6O5/c1-56(17-5-18-57(2)41(61)31-8-13-39(54)55-26-31)40(60)27-63-38-24-30-6-3-4-7-37(30)43(38)14-19-58(20-15-43)21-16-44(33-9-11-36(47)12-10-33)28-59(29-64-44)42(62)32-22-34(45(48,49)50)25-35(23-32)46(51,52)53/h3-4,6-13,22-23,25-26,38H,5,14-21,24,27-29H2,1-2H3,(H2,54,55)/t38-,44-/m0/s1. The molecule has 2 N–H and O–H groups in total. The number of nitrogens with two attached hydrogens (primary N) is 1. The van der Waals surface area contributed by atoms with Crippen molar-refractivity contribution in [3.8, 4) is 0 Å². The van der Waals surface area contributed by atoms with Crippen molar-refractivity contribution in [2.45, 2.75) is 61.6 Å². The summed E-state index contributed by atoms with van der Waals surface area (Å²) in [7, 11) is 3.38. The number of anilines is 1. The number of hydrogen-bond donors (Lipinski definition) is 1. The van der Waals surface area contributed by atoms with Crippen molar-refractivity contribution >= 4 is 23.5 Å². The van der Waals surface area contributed by atoms with Crippen LogP contribution in [0, 0.1) is 5.82 Å². The molecule has 3 amide bonds. The number of hydrogen-bond acceptors (Lipinski definition) is 8. The van der Waals surface area contributed by atoms with Gasteiger partial charge in [-0.1, -0.05) is 36.4 Å². The van der Waals surface area contributed by atoms with Crippen molar-refractivity contribution in [2.24, 2.45) is 0 Å². The van der Waals surface area contributed by atoms with Gasteiger partial charge in [0.25, 0.3) is 11.8 Å². The number of likely N-dealkylation sites (N-methyl/N-ethyl adjacent to an activating group) is 1. The summed E-state index contributed by atoms with van der Waals surface area (Å²) in [5.41, 5.74) is 3.25. The van der Waals surface area contributed by atoms with E-state index in [-0.39, 0.29) is 49.0 Å². The molecule has 0 radical (unpaired) electrons. The Morgan fingerprint density at radius 1 is 0.875 bits per heavy atom. The van der Waals surface area contributed by atoms with Crippen LogP contribution in [0.3, 0.4) is 0 Å². The Balaban J connectivity index is 0.983. The number of alkyl halides is 6. The van der Waals surface area contributed by atoms with Gasteiger partial charge in [-0.15, -0.1) is 0 Å². The Kier molecular flexibility index (Phi) is 13.4. The van der Waals surface area contributed by atoms with Gasteiger partial charge < -0.3 is 34.8 Å². The van der Waals surface area contributed by atoms with Crippen LogP contribution in [0.4, 0.5) is 36.6 Å². The molecule has 3 aliphatic rings. The fourth-order valence-corrected chi connectivity index (χ4v) is 9.10. The number of benzene rings is 3. The monoisotopic (exact) mass is 898 g/mol. The van der Waals surface area contributed by atoms with Crippen LogP contribution in [0.2, 0.25) is 0 Å². The van der Waals surface area contributed by atoms with Gasteiger partial charge in [0.2, 0.25) is 5.91 Å². The van der Waals surface area contributed by atoms with Crippen LogP contribution in [-0.4, -0.2) is 115 Å². The molecule has 0 bridgehead atoms. The van der Waals surface area contributed by atoms with Crippen LogP contribution in [-0.2, 0) is 44.1 Å². The Morgan fingerprint density at radius 2 is 1.53 bits per heavy atom. The molecule has 2 aliphatic heterocycles. The van der Waals surface area contributed by atoms with Crippen LogP contribution in [0.1, 0.15) is 74.2 Å². The maximum atomic E-state index is 14.1. The van der Waals surface area contributed by atoms with Crippen molar-refractivity contribution in [2.75, 3.05) is 72.4 Å². The van der Waals surface area contributed by atoms with Crippen LogP contribution in [0.15, 0.2) is 85.1 Å². The number of carbonyl (C=O) groups is 3. The second kappa shape index (κ2) is 18.5. The lowest BCUT2D eigenvalue weighted by Gasteiger charge is -2.44. The number of likely N-dealkylation sites (tertiary alicyclic amines) is 1. The highest BCUT2D eigenvalue weighted by Crippen LogP contribution is 2.48. The highest BCUT2D eigenvalue weighted by atomic mass is 19.4. The zero-order valence-corrected chi connectivity index (χ0v) is 35.4. The van der Waals surface area contributed by atoms with Gasteiger partial charge in [-0.05, 0) is 104 Å². The lowest BCUT2D eigenvalue weighted by molar-refractivity contribution is -0.143. The first-order valence-electron chi connectivity index (χ1n) is 20.9. The van der Waals surface area contributed by atoms with E-state index >= 15 is 0 Å². The normalized spacial score (nSPS) is 19.8. The summed E-state index contributed by atoms with van der Waals surface area (Å²) in [4.78, 5) is 50.1. The van der Waals surface area contributed by atoms with Crippen LogP contribution >= 0.6 is 0 Å². The van der Waals surface area contributed by atoms with Crippen molar-refractivity contribution in [3.05, 3.63) is 130 Å². The number of fused-ring (bicyclic) bond motifs is 2. The highest BCUT2D eigenvalue weighted by molar-refractivity contribution is 5.95. The van der Waals surface area contributed by atoms with E-state index in [1.807, 2.05) is 12.1 Å². The van der Waals surface area contributed by atoms with Gasteiger partial charge in [0.15, 0.2) is 0 Å². The summed E-state index contributed by atoms with van der Waals surface area (Å²) < 4.78 is 109. The summed E-state index contributed by atoms with van der Waals surface area (Å²) in [5.74, 6) is -1.67. The topological polar surface area (TPSA) is 122 Å². The molecule has 3 aromatic carbocycles. The summed E-state index contributed by atoms with van der Waals surface area (Å²) in [5, 5.41) is 0. The molecule has 0 saturated carbocycles. The fraction of sp³-hybridized carbons (Fsp3) is 0.435. The first-order valence-corrected chi connectivity index (χ1v) is 20.9. The number of rotatable bonds is 13. The summed E-state index contributed by atoms with van der Waals surface area (Å²) in [6.07, 6.45) is -6.30.